The average Bonchev–Trinajstić information content (AvgIpc) is 3.06. The number of para-hydroxylation sites is 1. The molecule has 0 saturated heterocycles. The Morgan fingerprint density at radius 1 is 1.07 bits per heavy atom. The van der Waals surface area contributed by atoms with E-state index >= 15 is 0 Å². The van der Waals surface area contributed by atoms with Crippen molar-refractivity contribution in [3.8, 4) is 5.69 Å². The van der Waals surface area contributed by atoms with Crippen LogP contribution in [0.15, 0.2) is 59.5 Å². The van der Waals surface area contributed by atoms with Crippen LogP contribution in [-0.4, -0.2) is 34.0 Å². The van der Waals surface area contributed by atoms with Crippen molar-refractivity contribution < 1.29 is 14.3 Å². The first kappa shape index (κ1) is 20.7. The molecule has 1 heterocycles. The topological polar surface area (TPSA) is 73.2 Å². The number of rotatable bonds is 7. The van der Waals surface area contributed by atoms with Gasteiger partial charge in [0.05, 0.1) is 17.1 Å². The second-order valence-corrected chi connectivity index (χ2v) is 7.70. The largest absolute Gasteiger partial charge is 0.455 e. The number of aromatic nitrogens is 2. The predicted molar refractivity (Wildman–Crippen MR) is 115 cm³/mol. The van der Waals surface area contributed by atoms with E-state index in [1.165, 1.54) is 17.3 Å². The number of benzene rings is 2. The number of esters is 1. The van der Waals surface area contributed by atoms with Gasteiger partial charge in [0.25, 0.3) is 5.91 Å². The molecule has 150 valence electrons. The minimum atomic E-state index is -0.433. The summed E-state index contributed by atoms with van der Waals surface area (Å²) < 4.78 is 6.76. The number of thioether (sulfide) groups is 1. The van der Waals surface area contributed by atoms with Crippen LogP contribution in [0.5, 0.6) is 0 Å². The van der Waals surface area contributed by atoms with Crippen LogP contribution in [0, 0.1) is 20.8 Å². The fourth-order valence-electron chi connectivity index (χ4n) is 2.82. The monoisotopic (exact) mass is 409 g/mol. The van der Waals surface area contributed by atoms with E-state index in [0.29, 0.717) is 5.82 Å². The molecule has 7 heteroatoms. The minimum Gasteiger partial charge on any atom is -0.455 e. The summed E-state index contributed by atoms with van der Waals surface area (Å²) in [6.45, 7) is 5.54. The third kappa shape index (κ3) is 5.71. The number of amides is 1. The van der Waals surface area contributed by atoms with Gasteiger partial charge in [-0.2, -0.15) is 5.10 Å². The summed E-state index contributed by atoms with van der Waals surface area (Å²) in [5.41, 5.74) is 3.89. The number of aryl methyl sites for hydroxylation is 3. The molecule has 1 amide bonds. The molecule has 0 radical (unpaired) electrons. The van der Waals surface area contributed by atoms with Crippen molar-refractivity contribution in [2.45, 2.75) is 25.7 Å². The van der Waals surface area contributed by atoms with Crippen molar-refractivity contribution in [2.24, 2.45) is 0 Å². The van der Waals surface area contributed by atoms with Crippen molar-refractivity contribution in [1.29, 1.82) is 0 Å². The Balaban J connectivity index is 1.52. The Kier molecular flexibility index (Phi) is 6.72. The Labute approximate surface area is 174 Å². The minimum absolute atomic E-state index is 0.151. The molecular weight excluding hydrogens is 386 g/mol. The van der Waals surface area contributed by atoms with E-state index in [2.05, 4.69) is 16.5 Å². The number of ether oxygens (including phenoxy) is 1. The van der Waals surface area contributed by atoms with Gasteiger partial charge in [-0.15, -0.1) is 11.8 Å². The smallest absolute Gasteiger partial charge is 0.316 e. The third-order valence-electron chi connectivity index (χ3n) is 4.14. The van der Waals surface area contributed by atoms with Gasteiger partial charge in [0.2, 0.25) is 0 Å². The molecule has 2 aromatic carbocycles. The van der Waals surface area contributed by atoms with E-state index in [1.54, 1.807) is 10.7 Å². The highest BCUT2D eigenvalue weighted by atomic mass is 32.2. The van der Waals surface area contributed by atoms with Crippen molar-refractivity contribution in [3.63, 3.8) is 0 Å². The highest BCUT2D eigenvalue weighted by Gasteiger charge is 2.13. The molecule has 1 N–H and O–H groups in total. The third-order valence-corrected chi connectivity index (χ3v) is 5.29. The lowest BCUT2D eigenvalue weighted by molar-refractivity contribution is -0.144. The van der Waals surface area contributed by atoms with E-state index in [1.807, 2.05) is 63.2 Å². The van der Waals surface area contributed by atoms with Crippen LogP contribution in [0.4, 0.5) is 5.82 Å². The predicted octanol–water partition coefficient (Wildman–Crippen LogP) is 4.07. The second kappa shape index (κ2) is 9.43. The Morgan fingerprint density at radius 3 is 2.55 bits per heavy atom. The van der Waals surface area contributed by atoms with Gasteiger partial charge in [-0.25, -0.2) is 4.68 Å². The van der Waals surface area contributed by atoms with Gasteiger partial charge in [-0.05, 0) is 44.5 Å². The van der Waals surface area contributed by atoms with Crippen LogP contribution in [0.2, 0.25) is 0 Å². The van der Waals surface area contributed by atoms with Crippen LogP contribution in [0.3, 0.4) is 0 Å². The summed E-state index contributed by atoms with van der Waals surface area (Å²) >= 11 is 1.40. The summed E-state index contributed by atoms with van der Waals surface area (Å²) in [5.74, 6) is -0.165. The van der Waals surface area contributed by atoms with Gasteiger partial charge in [0.1, 0.15) is 5.82 Å². The van der Waals surface area contributed by atoms with Crippen LogP contribution in [-0.2, 0) is 14.3 Å². The quantitative estimate of drug-likeness (QED) is 0.470. The molecule has 0 unspecified atom stereocenters. The maximum atomic E-state index is 12.2. The molecule has 0 spiro atoms. The summed E-state index contributed by atoms with van der Waals surface area (Å²) in [6, 6.07) is 17.3. The number of hydrogen-bond acceptors (Lipinski definition) is 5. The molecule has 0 aliphatic rings. The normalized spacial score (nSPS) is 10.6. The number of carbonyl (C=O) groups excluding carboxylic acids is 2. The zero-order valence-corrected chi connectivity index (χ0v) is 17.5. The summed E-state index contributed by atoms with van der Waals surface area (Å²) in [7, 11) is 0. The van der Waals surface area contributed by atoms with Gasteiger partial charge in [-0.1, -0.05) is 35.9 Å². The number of carbonyl (C=O) groups is 2. The SMILES string of the molecule is Cc1ccc(SCC(=O)OCC(=O)Nc2cc(C)nn2-c2ccccc2)c(C)c1. The first-order valence-corrected chi connectivity index (χ1v) is 10.2. The highest BCUT2D eigenvalue weighted by molar-refractivity contribution is 8.00. The van der Waals surface area contributed by atoms with Crippen molar-refractivity contribution >= 4 is 29.5 Å². The van der Waals surface area contributed by atoms with Crippen LogP contribution >= 0.6 is 11.8 Å². The summed E-state index contributed by atoms with van der Waals surface area (Å²) in [6.07, 6.45) is 0. The van der Waals surface area contributed by atoms with Crippen molar-refractivity contribution in [1.82, 2.24) is 9.78 Å². The van der Waals surface area contributed by atoms with Crippen molar-refractivity contribution in [2.75, 3.05) is 17.7 Å². The summed E-state index contributed by atoms with van der Waals surface area (Å²) in [4.78, 5) is 25.3. The number of hydrogen-bond donors (Lipinski definition) is 1. The fraction of sp³-hybridized carbons (Fsp3) is 0.227. The molecule has 0 fully saturated rings. The number of nitrogens with one attached hydrogen (secondary N) is 1. The molecule has 0 atom stereocenters. The second-order valence-electron chi connectivity index (χ2n) is 6.68. The molecular formula is C22H23N3O3S. The van der Waals surface area contributed by atoms with Crippen LogP contribution < -0.4 is 5.32 Å². The highest BCUT2D eigenvalue weighted by Crippen LogP contribution is 2.23. The molecule has 0 aliphatic heterocycles. The van der Waals surface area contributed by atoms with Gasteiger partial charge in [-0.3, -0.25) is 9.59 Å². The Bertz CT molecular complexity index is 1020. The van der Waals surface area contributed by atoms with Gasteiger partial charge in [0.15, 0.2) is 6.61 Å². The van der Waals surface area contributed by atoms with Crippen LogP contribution in [0.1, 0.15) is 16.8 Å². The van der Waals surface area contributed by atoms with E-state index in [-0.39, 0.29) is 12.4 Å². The lowest BCUT2D eigenvalue weighted by Crippen LogP contribution is -2.23. The van der Waals surface area contributed by atoms with E-state index in [4.69, 9.17) is 4.74 Å². The molecule has 6 nitrogen and oxygen atoms in total. The molecule has 0 saturated carbocycles. The van der Waals surface area contributed by atoms with Gasteiger partial charge in [0, 0.05) is 11.0 Å². The fourth-order valence-corrected chi connectivity index (χ4v) is 3.63. The first-order valence-electron chi connectivity index (χ1n) is 9.20. The standard InChI is InChI=1S/C22H23N3O3S/c1-15-9-10-19(16(2)11-15)29-14-22(27)28-13-21(26)23-20-12-17(3)24-25(20)18-7-5-4-6-8-18/h4-12H,13-14H2,1-3H3,(H,23,26). The first-order chi connectivity index (χ1) is 13.9. The Morgan fingerprint density at radius 2 is 1.83 bits per heavy atom. The Hall–Kier alpha value is -3.06. The zero-order chi connectivity index (χ0) is 20.8. The molecule has 1 aromatic heterocycles. The average molecular weight is 410 g/mol. The van der Waals surface area contributed by atoms with E-state index < -0.39 is 11.9 Å². The van der Waals surface area contributed by atoms with Gasteiger partial charge >= 0.3 is 5.97 Å². The molecule has 0 aliphatic carbocycles. The van der Waals surface area contributed by atoms with Gasteiger partial charge < -0.3 is 10.1 Å². The summed E-state index contributed by atoms with van der Waals surface area (Å²) in [5, 5.41) is 7.15. The van der Waals surface area contributed by atoms with E-state index in [9.17, 15) is 9.59 Å². The number of nitrogens with zero attached hydrogens (tertiary/aromatic N) is 2. The molecule has 3 rings (SSSR count). The van der Waals surface area contributed by atoms with Crippen molar-refractivity contribution in [3.05, 3.63) is 71.4 Å². The maximum Gasteiger partial charge on any atom is 0.316 e. The van der Waals surface area contributed by atoms with E-state index in [0.717, 1.165) is 21.8 Å². The van der Waals surface area contributed by atoms with Crippen LogP contribution in [0.25, 0.3) is 5.69 Å². The lowest BCUT2D eigenvalue weighted by Gasteiger charge is -2.10. The lowest BCUT2D eigenvalue weighted by atomic mass is 10.2. The molecule has 29 heavy (non-hydrogen) atoms. The zero-order valence-electron chi connectivity index (χ0n) is 16.6. The number of anilines is 1. The maximum absolute atomic E-state index is 12.2. The molecule has 0 bridgehead atoms. The molecule has 3 aromatic rings.